The fourth-order valence-corrected chi connectivity index (χ4v) is 5.69. The molecule has 0 unspecified atom stereocenters. The van der Waals surface area contributed by atoms with Crippen LogP contribution < -0.4 is 5.32 Å². The van der Waals surface area contributed by atoms with Crippen molar-refractivity contribution in [1.29, 1.82) is 0 Å². The second-order valence-electron chi connectivity index (χ2n) is 13.7. The van der Waals surface area contributed by atoms with Crippen LogP contribution >= 0.6 is 12.6 Å². The number of thiol groups is 1. The van der Waals surface area contributed by atoms with Crippen molar-refractivity contribution in [3.05, 3.63) is 179 Å². The van der Waals surface area contributed by atoms with Gasteiger partial charge in [-0.05, 0) is 85.9 Å². The number of hydrogen-bond acceptors (Lipinski definition) is 2. The van der Waals surface area contributed by atoms with Crippen LogP contribution in [0.2, 0.25) is 0 Å². The molecule has 0 radical (unpaired) electrons. The van der Waals surface area contributed by atoms with E-state index < -0.39 is 0 Å². The lowest BCUT2D eigenvalue weighted by atomic mass is 9.75. The second kappa shape index (κ2) is 21.9. The summed E-state index contributed by atoms with van der Waals surface area (Å²) in [6.07, 6.45) is 18.6. The first-order valence-corrected chi connectivity index (χ1v) is 18.2. The van der Waals surface area contributed by atoms with Gasteiger partial charge in [0.05, 0.1) is 0 Å². The number of hydrogen-bond donors (Lipinski definition) is 2. The van der Waals surface area contributed by atoms with E-state index in [0.29, 0.717) is 0 Å². The molecule has 0 bridgehead atoms. The summed E-state index contributed by atoms with van der Waals surface area (Å²) in [7, 11) is 0. The standard InChI is InChI=1S/C33H45NS.2C7H8/c1-8-10-17-27(33(6,7)30-25-28(35)22-21-26(30)3)18-13-11-12-16-23-32(4,5)29-19-14-15-20-31(29)34-24-9-2;2*1-7-5-3-2-4-6-7/h10-22,25,34-35H,8-9,23-24H2,1-7H3;2*2-6H,1H3/b13-11+,16-12+,17-10+,27-18-;;. The zero-order valence-corrected chi connectivity index (χ0v) is 32.5. The first kappa shape index (κ1) is 41.2. The molecular weight excluding hydrogens is 611 g/mol. The molecule has 0 amide bonds. The van der Waals surface area contributed by atoms with Crippen molar-refractivity contribution in [1.82, 2.24) is 0 Å². The maximum Gasteiger partial charge on any atom is 0.0378 e. The predicted octanol–water partition coefficient (Wildman–Crippen LogP) is 13.7. The maximum absolute atomic E-state index is 4.59. The predicted molar refractivity (Wildman–Crippen MR) is 222 cm³/mol. The summed E-state index contributed by atoms with van der Waals surface area (Å²) in [6.45, 7) is 21.0. The summed E-state index contributed by atoms with van der Waals surface area (Å²) in [5.74, 6) is 0. The Labute approximate surface area is 305 Å². The van der Waals surface area contributed by atoms with Crippen molar-refractivity contribution < 1.29 is 0 Å². The van der Waals surface area contributed by atoms with Crippen LogP contribution in [-0.4, -0.2) is 6.54 Å². The minimum atomic E-state index is -0.111. The smallest absolute Gasteiger partial charge is 0.0378 e. The van der Waals surface area contributed by atoms with E-state index in [-0.39, 0.29) is 10.8 Å². The first-order valence-electron chi connectivity index (χ1n) is 17.8. The van der Waals surface area contributed by atoms with Crippen molar-refractivity contribution in [3.8, 4) is 0 Å². The lowest BCUT2D eigenvalue weighted by Gasteiger charge is -2.29. The summed E-state index contributed by atoms with van der Waals surface area (Å²) in [5.41, 5.74) is 9.12. The minimum absolute atomic E-state index is 0.0595. The van der Waals surface area contributed by atoms with Gasteiger partial charge in [0, 0.05) is 22.5 Å². The molecule has 0 aliphatic rings. The van der Waals surface area contributed by atoms with Gasteiger partial charge in [0.15, 0.2) is 0 Å². The van der Waals surface area contributed by atoms with E-state index in [1.165, 1.54) is 39.1 Å². The van der Waals surface area contributed by atoms with Gasteiger partial charge in [-0.1, -0.05) is 180 Å². The highest BCUT2D eigenvalue weighted by molar-refractivity contribution is 7.80. The molecule has 4 aromatic carbocycles. The monoisotopic (exact) mass is 671 g/mol. The van der Waals surface area contributed by atoms with Crippen LogP contribution in [0.25, 0.3) is 0 Å². The number of rotatable bonds is 12. The van der Waals surface area contributed by atoms with Gasteiger partial charge in [0.25, 0.3) is 0 Å². The fourth-order valence-electron chi connectivity index (χ4n) is 5.49. The van der Waals surface area contributed by atoms with Crippen LogP contribution in [0.1, 0.15) is 88.6 Å². The average Bonchev–Trinajstić information content (AvgIpc) is 3.09. The highest BCUT2D eigenvalue weighted by Crippen LogP contribution is 2.36. The maximum atomic E-state index is 4.59. The van der Waals surface area contributed by atoms with E-state index in [2.05, 4.69) is 190 Å². The lowest BCUT2D eigenvalue weighted by Crippen LogP contribution is -2.21. The number of benzene rings is 4. The van der Waals surface area contributed by atoms with E-state index in [0.717, 1.165) is 30.7 Å². The molecule has 4 aromatic rings. The van der Waals surface area contributed by atoms with Crippen LogP contribution in [0.15, 0.2) is 156 Å². The molecule has 2 heteroatoms. The van der Waals surface area contributed by atoms with Crippen molar-refractivity contribution in [3.63, 3.8) is 0 Å². The van der Waals surface area contributed by atoms with E-state index in [1.807, 2.05) is 36.4 Å². The molecule has 4 rings (SSSR count). The van der Waals surface area contributed by atoms with Crippen LogP contribution in [0.3, 0.4) is 0 Å². The molecule has 260 valence electrons. The molecular formula is C47H61NS. The third-order valence-electron chi connectivity index (χ3n) is 8.51. The Morgan fingerprint density at radius 3 is 1.82 bits per heavy atom. The van der Waals surface area contributed by atoms with E-state index in [1.54, 1.807) is 0 Å². The van der Waals surface area contributed by atoms with E-state index in [9.17, 15) is 0 Å². The zero-order valence-electron chi connectivity index (χ0n) is 31.6. The van der Waals surface area contributed by atoms with E-state index >= 15 is 0 Å². The van der Waals surface area contributed by atoms with Gasteiger partial charge in [-0.3, -0.25) is 0 Å². The van der Waals surface area contributed by atoms with Crippen LogP contribution in [-0.2, 0) is 10.8 Å². The highest BCUT2D eigenvalue weighted by Gasteiger charge is 2.26. The van der Waals surface area contributed by atoms with Crippen molar-refractivity contribution in [2.45, 2.75) is 97.3 Å². The summed E-state index contributed by atoms with van der Waals surface area (Å²) in [4.78, 5) is 1.00. The van der Waals surface area contributed by atoms with Gasteiger partial charge in [0.1, 0.15) is 0 Å². The van der Waals surface area contributed by atoms with E-state index in [4.69, 9.17) is 0 Å². The number of para-hydroxylation sites is 1. The molecule has 0 fully saturated rings. The number of aryl methyl sites for hydroxylation is 3. The molecule has 1 N–H and O–H groups in total. The molecule has 0 aromatic heterocycles. The van der Waals surface area contributed by atoms with Crippen LogP contribution in [0.4, 0.5) is 5.69 Å². The summed E-state index contributed by atoms with van der Waals surface area (Å²) in [5, 5.41) is 3.59. The zero-order chi connectivity index (χ0) is 36.1. The molecule has 0 aliphatic carbocycles. The van der Waals surface area contributed by atoms with Gasteiger partial charge in [-0.15, -0.1) is 12.6 Å². The summed E-state index contributed by atoms with van der Waals surface area (Å²) < 4.78 is 0. The second-order valence-corrected chi connectivity index (χ2v) is 14.3. The van der Waals surface area contributed by atoms with Crippen LogP contribution in [0, 0.1) is 20.8 Å². The SMILES string of the molecule is CC/C=C/C(=C/C=C/C=C/CC(C)(C)c1ccccc1NCCC)C(C)(C)c1cc(S)ccc1C.Cc1ccccc1.Cc1ccccc1. The Hall–Kier alpha value is -4.01. The normalized spacial score (nSPS) is 12.1. The Kier molecular flexibility index (Phi) is 18.4. The molecule has 0 atom stereocenters. The van der Waals surface area contributed by atoms with Gasteiger partial charge >= 0.3 is 0 Å². The quantitative estimate of drug-likeness (QED) is 0.113. The highest BCUT2D eigenvalue weighted by atomic mass is 32.1. The third kappa shape index (κ3) is 15.0. The van der Waals surface area contributed by atoms with Crippen molar-refractivity contribution >= 4 is 18.3 Å². The van der Waals surface area contributed by atoms with Crippen molar-refractivity contribution in [2.75, 3.05) is 11.9 Å². The third-order valence-corrected chi connectivity index (χ3v) is 8.79. The molecule has 0 saturated carbocycles. The molecule has 49 heavy (non-hydrogen) atoms. The molecule has 0 saturated heterocycles. The Bertz CT molecular complexity index is 1580. The molecule has 0 heterocycles. The molecule has 0 spiro atoms. The number of allylic oxidation sites excluding steroid dienone is 8. The molecule has 0 aliphatic heterocycles. The largest absolute Gasteiger partial charge is 0.385 e. The topological polar surface area (TPSA) is 12.0 Å². The Balaban J connectivity index is 0.000000484. The molecule has 1 nitrogen and oxygen atoms in total. The minimum Gasteiger partial charge on any atom is -0.385 e. The van der Waals surface area contributed by atoms with Gasteiger partial charge in [-0.25, -0.2) is 0 Å². The number of nitrogens with one attached hydrogen (secondary N) is 1. The first-order chi connectivity index (χ1) is 23.4. The summed E-state index contributed by atoms with van der Waals surface area (Å²) >= 11 is 4.59. The van der Waals surface area contributed by atoms with Gasteiger partial charge in [0.2, 0.25) is 0 Å². The Morgan fingerprint density at radius 1 is 0.673 bits per heavy atom. The summed E-state index contributed by atoms with van der Waals surface area (Å²) in [6, 6.07) is 35.6. The fraction of sp³-hybridized carbons (Fsp3) is 0.319. The average molecular weight is 672 g/mol. The van der Waals surface area contributed by atoms with Crippen LogP contribution in [0.5, 0.6) is 0 Å². The van der Waals surface area contributed by atoms with Gasteiger partial charge in [-0.2, -0.15) is 0 Å². The Morgan fingerprint density at radius 2 is 1.27 bits per heavy atom. The number of anilines is 1. The lowest BCUT2D eigenvalue weighted by molar-refractivity contribution is 0.535. The van der Waals surface area contributed by atoms with Crippen molar-refractivity contribution in [2.24, 2.45) is 0 Å². The van der Waals surface area contributed by atoms with Gasteiger partial charge < -0.3 is 5.32 Å².